The maximum atomic E-state index is 6.25. The molecule has 2 rings (SSSR count). The van der Waals surface area contributed by atoms with Gasteiger partial charge >= 0.3 is 0 Å². The smallest absolute Gasteiger partial charge is 0.141 e. The Bertz CT molecular complexity index is 505. The number of halogens is 1. The number of hydrogen-bond acceptors (Lipinski definition) is 3. The highest BCUT2D eigenvalue weighted by Gasteiger charge is 2.15. The zero-order valence-corrected chi connectivity index (χ0v) is 10.0. The first-order valence-corrected chi connectivity index (χ1v) is 5.49. The van der Waals surface area contributed by atoms with Gasteiger partial charge in [0.05, 0.1) is 18.4 Å². The highest BCUT2D eigenvalue weighted by molar-refractivity contribution is 6.37. The minimum atomic E-state index is 0.0531. The number of furan rings is 1. The van der Waals surface area contributed by atoms with E-state index in [1.807, 2.05) is 19.1 Å². The summed E-state index contributed by atoms with van der Waals surface area (Å²) >= 11 is 6.25. The Hall–Kier alpha value is -1.19. The van der Waals surface area contributed by atoms with Gasteiger partial charge in [-0.3, -0.25) is 0 Å². The van der Waals surface area contributed by atoms with Crippen LogP contribution in [0.5, 0.6) is 5.75 Å². The highest BCUT2D eigenvalue weighted by atomic mass is 35.5. The molecule has 0 aliphatic rings. The van der Waals surface area contributed by atoms with Crippen LogP contribution in [-0.4, -0.2) is 13.2 Å². The molecule has 3 nitrogen and oxygen atoms in total. The van der Waals surface area contributed by atoms with Crippen LogP contribution in [0.2, 0.25) is 5.02 Å². The first-order chi connectivity index (χ1) is 7.63. The molecule has 1 aromatic heterocycles. The first-order valence-electron chi connectivity index (χ1n) is 5.11. The van der Waals surface area contributed by atoms with Crippen LogP contribution >= 0.6 is 11.6 Å². The molecule has 86 valence electrons. The van der Waals surface area contributed by atoms with E-state index in [0.29, 0.717) is 17.2 Å². The summed E-state index contributed by atoms with van der Waals surface area (Å²) in [4.78, 5) is 0. The maximum absolute atomic E-state index is 6.25. The van der Waals surface area contributed by atoms with Gasteiger partial charge in [0.15, 0.2) is 0 Å². The number of ether oxygens (including phenoxy) is 1. The number of methoxy groups -OCH3 is 1. The quantitative estimate of drug-likeness (QED) is 0.896. The largest absolute Gasteiger partial charge is 0.495 e. The molecule has 0 bridgehead atoms. The minimum absolute atomic E-state index is 0.0531. The molecule has 0 fully saturated rings. The molecule has 0 radical (unpaired) electrons. The van der Waals surface area contributed by atoms with E-state index in [9.17, 15) is 0 Å². The Morgan fingerprint density at radius 3 is 2.94 bits per heavy atom. The van der Waals surface area contributed by atoms with E-state index in [-0.39, 0.29) is 6.04 Å². The summed E-state index contributed by atoms with van der Waals surface area (Å²) in [5.74, 6) is 0.688. The molecule has 1 aromatic carbocycles. The van der Waals surface area contributed by atoms with Crippen molar-refractivity contribution in [3.05, 3.63) is 29.0 Å². The summed E-state index contributed by atoms with van der Waals surface area (Å²) < 4.78 is 10.7. The van der Waals surface area contributed by atoms with Gasteiger partial charge in [0.25, 0.3) is 0 Å². The zero-order chi connectivity index (χ0) is 11.7. The van der Waals surface area contributed by atoms with Crippen LogP contribution in [0, 0.1) is 0 Å². The predicted molar refractivity (Wildman–Crippen MR) is 65.1 cm³/mol. The predicted octanol–water partition coefficient (Wildman–Crippen LogP) is 2.98. The van der Waals surface area contributed by atoms with Crippen LogP contribution in [0.1, 0.15) is 12.5 Å². The molecular weight excluding hydrogens is 226 g/mol. The number of hydrogen-bond donors (Lipinski definition) is 1. The number of nitrogens with two attached hydrogens (primary N) is 1. The molecule has 0 spiro atoms. The standard InChI is InChI=1S/C12H14ClNO2/c1-7(14)5-8-6-10-9(3-4-16-10)11(13)12(8)15-2/h3-4,6-7H,5,14H2,1-2H3. The lowest BCUT2D eigenvalue weighted by Crippen LogP contribution is -2.18. The van der Waals surface area contributed by atoms with Gasteiger partial charge in [-0.15, -0.1) is 0 Å². The molecule has 0 saturated heterocycles. The van der Waals surface area contributed by atoms with Gasteiger partial charge in [-0.1, -0.05) is 11.6 Å². The normalized spacial score (nSPS) is 13.0. The lowest BCUT2D eigenvalue weighted by Gasteiger charge is -2.12. The fourth-order valence-electron chi connectivity index (χ4n) is 1.82. The Balaban J connectivity index is 2.61. The third-order valence-corrected chi connectivity index (χ3v) is 2.85. The van der Waals surface area contributed by atoms with E-state index >= 15 is 0 Å². The summed E-state index contributed by atoms with van der Waals surface area (Å²) in [6.07, 6.45) is 2.32. The zero-order valence-electron chi connectivity index (χ0n) is 9.29. The third kappa shape index (κ3) is 1.88. The second-order valence-electron chi connectivity index (χ2n) is 3.90. The number of fused-ring (bicyclic) bond motifs is 1. The summed E-state index contributed by atoms with van der Waals surface area (Å²) in [7, 11) is 1.61. The van der Waals surface area contributed by atoms with Gasteiger partial charge in [0, 0.05) is 17.0 Å². The lowest BCUT2D eigenvalue weighted by atomic mass is 10.0. The average Bonchev–Trinajstić information content (AvgIpc) is 2.65. The summed E-state index contributed by atoms with van der Waals surface area (Å²) in [5.41, 5.74) is 7.53. The number of benzene rings is 1. The second kappa shape index (κ2) is 4.36. The summed E-state index contributed by atoms with van der Waals surface area (Å²) in [6, 6.07) is 3.82. The van der Waals surface area contributed by atoms with E-state index in [2.05, 4.69) is 0 Å². The molecule has 16 heavy (non-hydrogen) atoms. The molecule has 2 aromatic rings. The van der Waals surface area contributed by atoms with Crippen LogP contribution < -0.4 is 10.5 Å². The van der Waals surface area contributed by atoms with Crippen molar-refractivity contribution >= 4 is 22.6 Å². The average molecular weight is 240 g/mol. The molecular formula is C12H14ClNO2. The number of rotatable bonds is 3. The van der Waals surface area contributed by atoms with E-state index in [0.717, 1.165) is 16.5 Å². The second-order valence-corrected chi connectivity index (χ2v) is 4.27. The van der Waals surface area contributed by atoms with Crippen LogP contribution in [0.15, 0.2) is 22.8 Å². The Morgan fingerprint density at radius 1 is 1.56 bits per heavy atom. The van der Waals surface area contributed by atoms with Crippen molar-refractivity contribution in [2.24, 2.45) is 5.73 Å². The van der Waals surface area contributed by atoms with E-state index in [1.165, 1.54) is 0 Å². The van der Waals surface area contributed by atoms with Crippen LogP contribution in [0.3, 0.4) is 0 Å². The topological polar surface area (TPSA) is 48.4 Å². The molecule has 0 aliphatic heterocycles. The Kier molecular flexibility index (Phi) is 3.08. The highest BCUT2D eigenvalue weighted by Crippen LogP contribution is 2.37. The van der Waals surface area contributed by atoms with Gasteiger partial charge in [0.2, 0.25) is 0 Å². The van der Waals surface area contributed by atoms with E-state index in [1.54, 1.807) is 13.4 Å². The molecule has 1 unspecified atom stereocenters. The minimum Gasteiger partial charge on any atom is -0.495 e. The van der Waals surface area contributed by atoms with Crippen LogP contribution in [0.25, 0.3) is 11.0 Å². The van der Waals surface area contributed by atoms with Gasteiger partial charge in [-0.2, -0.15) is 0 Å². The van der Waals surface area contributed by atoms with Crippen molar-refractivity contribution in [2.75, 3.05) is 7.11 Å². The van der Waals surface area contributed by atoms with Crippen LogP contribution in [0.4, 0.5) is 0 Å². The van der Waals surface area contributed by atoms with Crippen molar-refractivity contribution in [3.8, 4) is 5.75 Å². The molecule has 1 atom stereocenters. The van der Waals surface area contributed by atoms with Gasteiger partial charge < -0.3 is 14.9 Å². The summed E-state index contributed by atoms with van der Waals surface area (Å²) in [5, 5.41) is 1.45. The maximum Gasteiger partial charge on any atom is 0.141 e. The fourth-order valence-corrected chi connectivity index (χ4v) is 2.18. The van der Waals surface area contributed by atoms with Crippen molar-refractivity contribution in [1.29, 1.82) is 0 Å². The van der Waals surface area contributed by atoms with Crippen molar-refractivity contribution in [3.63, 3.8) is 0 Å². The first kappa shape index (κ1) is 11.3. The molecule has 0 saturated carbocycles. The Labute approximate surface area is 99.1 Å². The lowest BCUT2D eigenvalue weighted by molar-refractivity contribution is 0.409. The Morgan fingerprint density at radius 2 is 2.31 bits per heavy atom. The van der Waals surface area contributed by atoms with Gasteiger partial charge in [-0.25, -0.2) is 0 Å². The third-order valence-electron chi connectivity index (χ3n) is 2.47. The molecule has 0 aliphatic carbocycles. The van der Waals surface area contributed by atoms with Gasteiger partial charge in [0.1, 0.15) is 11.3 Å². The molecule has 1 heterocycles. The molecule has 0 amide bonds. The monoisotopic (exact) mass is 239 g/mol. The van der Waals surface area contributed by atoms with Crippen molar-refractivity contribution in [2.45, 2.75) is 19.4 Å². The van der Waals surface area contributed by atoms with Gasteiger partial charge in [-0.05, 0) is 25.5 Å². The molecule has 4 heteroatoms. The van der Waals surface area contributed by atoms with E-state index in [4.69, 9.17) is 26.5 Å². The SMILES string of the molecule is COc1c(CC(C)N)cc2occc2c1Cl. The molecule has 2 N–H and O–H groups in total. The van der Waals surface area contributed by atoms with Crippen molar-refractivity contribution in [1.82, 2.24) is 0 Å². The van der Waals surface area contributed by atoms with Crippen molar-refractivity contribution < 1.29 is 9.15 Å². The van der Waals surface area contributed by atoms with E-state index < -0.39 is 0 Å². The summed E-state index contributed by atoms with van der Waals surface area (Å²) in [6.45, 7) is 1.94. The van der Waals surface area contributed by atoms with Crippen LogP contribution in [-0.2, 0) is 6.42 Å². The fraction of sp³-hybridized carbons (Fsp3) is 0.333.